The molecule has 0 aliphatic carbocycles. The molecule has 0 saturated carbocycles. The van der Waals surface area contributed by atoms with Gasteiger partial charge >= 0.3 is 5.96 Å². The van der Waals surface area contributed by atoms with Crippen LogP contribution in [0.2, 0.25) is 0 Å². The predicted molar refractivity (Wildman–Crippen MR) is 96.0 cm³/mol. The van der Waals surface area contributed by atoms with Gasteiger partial charge in [-0.25, -0.2) is 15.6 Å². The number of hydrogen-bond acceptors (Lipinski definition) is 5. The van der Waals surface area contributed by atoms with Crippen LogP contribution in [-0.4, -0.2) is 28.1 Å². The van der Waals surface area contributed by atoms with Crippen LogP contribution < -0.4 is 20.4 Å². The molecule has 6 heteroatoms. The summed E-state index contributed by atoms with van der Waals surface area (Å²) in [7, 11) is 0. The van der Waals surface area contributed by atoms with Gasteiger partial charge in [-0.15, -0.1) is 0 Å². The number of fused-ring (bicyclic) bond motifs is 1. The minimum atomic E-state index is -0.133. The van der Waals surface area contributed by atoms with Crippen molar-refractivity contribution in [3.05, 3.63) is 35.7 Å². The summed E-state index contributed by atoms with van der Waals surface area (Å²) in [5.41, 5.74) is 2.73. The fraction of sp³-hybridized carbons (Fsp3) is 0.389. The Hall–Kier alpha value is -2.63. The standard InChI is InChI=1S/C18H23N5O/c1-6-24-13-7-8-14-12(3)20-16(21-15(14)9-13)22-17-19-11(2)10-18(4,5)23-17/h7-10H,6H2,1-5H3,(H2,19,20,21,22,23)/p+1. The van der Waals surface area contributed by atoms with Gasteiger partial charge < -0.3 is 4.74 Å². The number of aromatic nitrogens is 2. The number of ether oxygens (including phenoxy) is 1. The maximum Gasteiger partial charge on any atom is 0.356 e. The van der Waals surface area contributed by atoms with Crippen LogP contribution in [0.25, 0.3) is 10.9 Å². The van der Waals surface area contributed by atoms with Crippen LogP contribution >= 0.6 is 0 Å². The van der Waals surface area contributed by atoms with Crippen LogP contribution in [0.4, 0.5) is 5.95 Å². The van der Waals surface area contributed by atoms with Crippen LogP contribution in [0.3, 0.4) is 0 Å². The van der Waals surface area contributed by atoms with E-state index in [-0.39, 0.29) is 5.54 Å². The maximum atomic E-state index is 5.57. The molecule has 1 aliphatic rings. The van der Waals surface area contributed by atoms with E-state index >= 15 is 0 Å². The third-order valence-corrected chi connectivity index (χ3v) is 3.75. The Balaban J connectivity index is 1.94. The number of guanidine groups is 1. The molecule has 2 heterocycles. The molecule has 126 valence electrons. The van der Waals surface area contributed by atoms with E-state index in [1.165, 1.54) is 0 Å². The molecule has 0 amide bonds. The SMILES string of the molecule is CCOc1ccc2c(C)nc(NC3=[NH+]C(C)(C)C=C(C)N3)nc2c1. The van der Waals surface area contributed by atoms with E-state index in [2.05, 4.69) is 45.5 Å². The highest BCUT2D eigenvalue weighted by atomic mass is 16.5. The summed E-state index contributed by atoms with van der Waals surface area (Å²) in [4.78, 5) is 12.6. The maximum absolute atomic E-state index is 5.57. The lowest BCUT2D eigenvalue weighted by Crippen LogP contribution is -2.89. The van der Waals surface area contributed by atoms with Crippen LogP contribution in [-0.2, 0) is 0 Å². The molecule has 3 N–H and O–H groups in total. The van der Waals surface area contributed by atoms with Gasteiger partial charge in [0, 0.05) is 11.5 Å². The summed E-state index contributed by atoms with van der Waals surface area (Å²) in [5, 5.41) is 7.54. The minimum absolute atomic E-state index is 0.133. The normalized spacial score (nSPS) is 16.2. The largest absolute Gasteiger partial charge is 0.494 e. The van der Waals surface area contributed by atoms with Gasteiger partial charge in [0.1, 0.15) is 11.3 Å². The first-order valence-corrected chi connectivity index (χ1v) is 8.16. The van der Waals surface area contributed by atoms with Crippen molar-refractivity contribution in [1.29, 1.82) is 0 Å². The molecule has 1 aliphatic heterocycles. The summed E-state index contributed by atoms with van der Waals surface area (Å²) in [6, 6.07) is 5.89. The average molecular weight is 326 g/mol. The second-order valence-electron chi connectivity index (χ2n) is 6.54. The summed E-state index contributed by atoms with van der Waals surface area (Å²) < 4.78 is 5.57. The third-order valence-electron chi connectivity index (χ3n) is 3.75. The lowest BCUT2D eigenvalue weighted by Gasteiger charge is -2.21. The minimum Gasteiger partial charge on any atom is -0.494 e. The van der Waals surface area contributed by atoms with Crippen molar-refractivity contribution < 1.29 is 9.73 Å². The lowest BCUT2D eigenvalue weighted by molar-refractivity contribution is -0.531. The number of nitrogens with one attached hydrogen (secondary N) is 3. The summed E-state index contributed by atoms with van der Waals surface area (Å²) in [6.45, 7) is 10.8. The molecule has 0 unspecified atom stereocenters. The molecule has 1 aromatic heterocycles. The van der Waals surface area contributed by atoms with Gasteiger partial charge in [-0.2, -0.15) is 4.98 Å². The average Bonchev–Trinajstić information content (AvgIpc) is 2.45. The van der Waals surface area contributed by atoms with Crippen LogP contribution in [0.15, 0.2) is 30.0 Å². The van der Waals surface area contributed by atoms with E-state index in [1.807, 2.05) is 39.0 Å². The first-order chi connectivity index (χ1) is 11.4. The summed E-state index contributed by atoms with van der Waals surface area (Å²) in [6.07, 6.45) is 2.14. The van der Waals surface area contributed by atoms with Crippen LogP contribution in [0, 0.1) is 6.92 Å². The zero-order chi connectivity index (χ0) is 17.3. The van der Waals surface area contributed by atoms with Crippen molar-refractivity contribution >= 4 is 22.8 Å². The Morgan fingerprint density at radius 2 is 2.04 bits per heavy atom. The Morgan fingerprint density at radius 3 is 2.75 bits per heavy atom. The molecular formula is C18H24N5O+. The molecule has 0 bridgehead atoms. The molecular weight excluding hydrogens is 302 g/mol. The molecule has 0 fully saturated rings. The smallest absolute Gasteiger partial charge is 0.356 e. The zero-order valence-electron chi connectivity index (χ0n) is 14.8. The first-order valence-electron chi connectivity index (χ1n) is 8.16. The number of aryl methyl sites for hydroxylation is 1. The lowest BCUT2D eigenvalue weighted by atomic mass is 10.0. The molecule has 3 rings (SSSR count). The molecule has 6 nitrogen and oxygen atoms in total. The van der Waals surface area contributed by atoms with Gasteiger partial charge in [0.2, 0.25) is 0 Å². The van der Waals surface area contributed by atoms with Gasteiger partial charge in [-0.1, -0.05) is 0 Å². The monoisotopic (exact) mass is 326 g/mol. The number of anilines is 1. The highest BCUT2D eigenvalue weighted by Crippen LogP contribution is 2.22. The Kier molecular flexibility index (Phi) is 4.13. The predicted octanol–water partition coefficient (Wildman–Crippen LogP) is 1.47. The van der Waals surface area contributed by atoms with E-state index in [0.29, 0.717) is 12.6 Å². The molecule has 24 heavy (non-hydrogen) atoms. The number of rotatable bonds is 3. The highest BCUT2D eigenvalue weighted by molar-refractivity contribution is 5.91. The fourth-order valence-electron chi connectivity index (χ4n) is 2.92. The second kappa shape index (κ2) is 6.11. The number of benzene rings is 1. The topological polar surface area (TPSA) is 73.0 Å². The number of allylic oxidation sites excluding steroid dienone is 1. The third kappa shape index (κ3) is 3.48. The quantitative estimate of drug-likeness (QED) is 0.797. The van der Waals surface area contributed by atoms with Gasteiger partial charge in [0.15, 0.2) is 0 Å². The van der Waals surface area contributed by atoms with Crippen molar-refractivity contribution in [1.82, 2.24) is 15.3 Å². The molecule has 0 saturated heterocycles. The van der Waals surface area contributed by atoms with Gasteiger partial charge in [-0.3, -0.25) is 4.99 Å². The van der Waals surface area contributed by atoms with E-state index in [9.17, 15) is 0 Å². The fourth-order valence-corrected chi connectivity index (χ4v) is 2.92. The first kappa shape index (κ1) is 16.2. The molecule has 0 atom stereocenters. The Bertz CT molecular complexity index is 839. The highest BCUT2D eigenvalue weighted by Gasteiger charge is 2.25. The zero-order valence-corrected chi connectivity index (χ0v) is 14.8. The summed E-state index contributed by atoms with van der Waals surface area (Å²) in [5.74, 6) is 2.14. The van der Waals surface area contributed by atoms with Crippen molar-refractivity contribution in [3.63, 3.8) is 0 Å². The molecule has 2 aromatic rings. The van der Waals surface area contributed by atoms with E-state index < -0.39 is 0 Å². The number of hydrogen-bond donors (Lipinski definition) is 3. The van der Waals surface area contributed by atoms with E-state index in [0.717, 1.165) is 34.0 Å². The van der Waals surface area contributed by atoms with Crippen LogP contribution in [0.5, 0.6) is 5.75 Å². The van der Waals surface area contributed by atoms with Gasteiger partial charge in [0.05, 0.1) is 23.5 Å². The Morgan fingerprint density at radius 1 is 1.25 bits per heavy atom. The van der Waals surface area contributed by atoms with Crippen molar-refractivity contribution in [3.8, 4) is 5.75 Å². The summed E-state index contributed by atoms with van der Waals surface area (Å²) >= 11 is 0. The van der Waals surface area contributed by atoms with E-state index in [4.69, 9.17) is 4.74 Å². The Labute approximate surface area is 142 Å². The van der Waals surface area contributed by atoms with Gasteiger partial charge in [0.25, 0.3) is 5.95 Å². The molecule has 0 spiro atoms. The molecule has 1 aromatic carbocycles. The second-order valence-corrected chi connectivity index (χ2v) is 6.54. The van der Waals surface area contributed by atoms with Crippen LogP contribution in [0.1, 0.15) is 33.4 Å². The van der Waals surface area contributed by atoms with Crippen molar-refractivity contribution in [2.75, 3.05) is 11.9 Å². The van der Waals surface area contributed by atoms with Crippen molar-refractivity contribution in [2.24, 2.45) is 0 Å². The van der Waals surface area contributed by atoms with Crippen molar-refractivity contribution in [2.45, 2.75) is 40.2 Å². The molecule has 0 radical (unpaired) electrons. The van der Waals surface area contributed by atoms with Gasteiger partial charge in [-0.05, 0) is 52.8 Å². The van der Waals surface area contributed by atoms with E-state index in [1.54, 1.807) is 0 Å². The number of nitrogens with zero attached hydrogens (tertiary/aromatic N) is 2.